The van der Waals surface area contributed by atoms with Crippen LogP contribution in [-0.2, 0) is 12.8 Å². The highest BCUT2D eigenvalue weighted by Crippen LogP contribution is 2.45. The van der Waals surface area contributed by atoms with Crippen LogP contribution in [0.2, 0.25) is 0 Å². The molecule has 1 aromatic carbocycles. The molecular formula is C25H28N2O2S2. The number of ether oxygens (including phenoxy) is 1. The summed E-state index contributed by atoms with van der Waals surface area (Å²) in [5, 5.41) is 5.88. The number of amides is 1. The van der Waals surface area contributed by atoms with Crippen molar-refractivity contribution in [2.24, 2.45) is 16.3 Å². The molecular weight excluding hydrogens is 424 g/mol. The van der Waals surface area contributed by atoms with Gasteiger partial charge in [-0.3, -0.25) is 4.79 Å². The molecule has 1 unspecified atom stereocenters. The summed E-state index contributed by atoms with van der Waals surface area (Å²) < 4.78 is 5.41. The SMILES string of the molecule is COc1ccccc1NC(=O)c1c(/N=C/c2cccs2)sc2c1CCC(C(C)(C)C)C2. The largest absolute Gasteiger partial charge is 0.495 e. The van der Waals surface area contributed by atoms with Gasteiger partial charge in [-0.2, -0.15) is 0 Å². The zero-order valence-electron chi connectivity index (χ0n) is 18.4. The van der Waals surface area contributed by atoms with Crippen LogP contribution in [0.15, 0.2) is 46.8 Å². The van der Waals surface area contributed by atoms with E-state index in [1.54, 1.807) is 29.8 Å². The lowest BCUT2D eigenvalue weighted by Gasteiger charge is -2.33. The van der Waals surface area contributed by atoms with Crippen LogP contribution in [0.1, 0.15) is 52.9 Å². The first kappa shape index (κ1) is 21.8. The van der Waals surface area contributed by atoms with Gasteiger partial charge in [0.15, 0.2) is 0 Å². The van der Waals surface area contributed by atoms with E-state index in [-0.39, 0.29) is 11.3 Å². The molecule has 0 aliphatic heterocycles. The van der Waals surface area contributed by atoms with Gasteiger partial charge in [0.1, 0.15) is 10.8 Å². The number of hydrogen-bond acceptors (Lipinski definition) is 5. The number of hydrogen-bond donors (Lipinski definition) is 1. The molecule has 3 aromatic rings. The summed E-state index contributed by atoms with van der Waals surface area (Å²) in [5.74, 6) is 1.14. The van der Waals surface area contributed by atoms with Gasteiger partial charge in [0.05, 0.1) is 18.4 Å². The van der Waals surface area contributed by atoms with E-state index < -0.39 is 0 Å². The van der Waals surface area contributed by atoms with Crippen LogP contribution < -0.4 is 10.1 Å². The van der Waals surface area contributed by atoms with E-state index in [9.17, 15) is 4.79 Å². The van der Waals surface area contributed by atoms with Crippen LogP contribution in [0.5, 0.6) is 5.75 Å². The van der Waals surface area contributed by atoms with Crippen molar-refractivity contribution in [2.75, 3.05) is 12.4 Å². The maximum atomic E-state index is 13.4. The second-order valence-corrected chi connectivity index (χ2v) is 11.0. The van der Waals surface area contributed by atoms with Crippen molar-refractivity contribution in [3.8, 4) is 5.75 Å². The standard InChI is InChI=1S/C25H28N2O2S2/c1-25(2,3)16-11-12-18-21(14-16)31-24(26-15-17-8-7-13-30-17)22(18)23(28)27-19-9-5-6-10-20(19)29-4/h5-10,13,15-16H,11-12,14H2,1-4H3,(H,27,28)/b26-15+. The molecule has 0 radical (unpaired) electrons. The summed E-state index contributed by atoms with van der Waals surface area (Å²) in [7, 11) is 1.61. The fourth-order valence-corrected chi connectivity index (χ4v) is 5.91. The Labute approximate surface area is 192 Å². The highest BCUT2D eigenvalue weighted by molar-refractivity contribution is 7.16. The molecule has 4 nitrogen and oxygen atoms in total. The Morgan fingerprint density at radius 1 is 1.23 bits per heavy atom. The molecule has 1 atom stereocenters. The number of benzene rings is 1. The number of anilines is 1. The van der Waals surface area contributed by atoms with Gasteiger partial charge in [0.2, 0.25) is 0 Å². The summed E-state index contributed by atoms with van der Waals surface area (Å²) in [6.45, 7) is 6.92. The van der Waals surface area contributed by atoms with Gasteiger partial charge < -0.3 is 10.1 Å². The maximum Gasteiger partial charge on any atom is 0.259 e. The van der Waals surface area contributed by atoms with Gasteiger partial charge in [-0.15, -0.1) is 22.7 Å². The number of nitrogens with one attached hydrogen (secondary N) is 1. The fraction of sp³-hybridized carbons (Fsp3) is 0.360. The van der Waals surface area contributed by atoms with Gasteiger partial charge in [0.25, 0.3) is 5.91 Å². The molecule has 4 rings (SSSR count). The van der Waals surface area contributed by atoms with E-state index in [0.29, 0.717) is 22.9 Å². The Hall–Kier alpha value is -2.44. The molecule has 1 aliphatic rings. The number of carbonyl (C=O) groups excluding carboxylic acids is 1. The number of para-hydroxylation sites is 2. The summed E-state index contributed by atoms with van der Waals surface area (Å²) >= 11 is 3.31. The highest BCUT2D eigenvalue weighted by Gasteiger charge is 2.33. The van der Waals surface area contributed by atoms with Crippen molar-refractivity contribution < 1.29 is 9.53 Å². The Morgan fingerprint density at radius 3 is 2.74 bits per heavy atom. The molecule has 2 heterocycles. The van der Waals surface area contributed by atoms with E-state index in [1.807, 2.05) is 48.0 Å². The molecule has 1 amide bonds. The molecule has 1 N–H and O–H groups in total. The second kappa shape index (κ2) is 8.97. The van der Waals surface area contributed by atoms with Crippen LogP contribution in [0.4, 0.5) is 10.7 Å². The third kappa shape index (κ3) is 4.75. The number of aliphatic imine (C=N–C) groups is 1. The van der Waals surface area contributed by atoms with Crippen molar-refractivity contribution in [3.63, 3.8) is 0 Å². The predicted octanol–water partition coefficient (Wildman–Crippen LogP) is 6.97. The van der Waals surface area contributed by atoms with Gasteiger partial charge in [-0.25, -0.2) is 4.99 Å². The lowest BCUT2D eigenvalue weighted by Crippen LogP contribution is -2.27. The van der Waals surface area contributed by atoms with Crippen molar-refractivity contribution in [1.29, 1.82) is 0 Å². The molecule has 0 saturated carbocycles. The minimum absolute atomic E-state index is 0.116. The maximum absolute atomic E-state index is 13.4. The van der Waals surface area contributed by atoms with Gasteiger partial charge in [-0.1, -0.05) is 39.0 Å². The molecule has 162 valence electrons. The monoisotopic (exact) mass is 452 g/mol. The topological polar surface area (TPSA) is 50.7 Å². The van der Waals surface area contributed by atoms with Crippen LogP contribution in [0, 0.1) is 11.3 Å². The number of nitrogens with zero attached hydrogens (tertiary/aromatic N) is 1. The number of carbonyl (C=O) groups is 1. The van der Waals surface area contributed by atoms with E-state index in [1.165, 1.54) is 4.88 Å². The van der Waals surface area contributed by atoms with Crippen LogP contribution in [0.25, 0.3) is 0 Å². The third-order valence-corrected chi connectivity index (χ3v) is 7.88. The molecule has 31 heavy (non-hydrogen) atoms. The zero-order valence-corrected chi connectivity index (χ0v) is 20.0. The molecule has 0 fully saturated rings. The minimum atomic E-state index is -0.116. The van der Waals surface area contributed by atoms with Crippen molar-refractivity contribution in [3.05, 3.63) is 62.7 Å². The van der Waals surface area contributed by atoms with Crippen molar-refractivity contribution in [1.82, 2.24) is 0 Å². The van der Waals surface area contributed by atoms with Crippen LogP contribution >= 0.6 is 22.7 Å². The first-order valence-electron chi connectivity index (χ1n) is 10.5. The van der Waals surface area contributed by atoms with Crippen molar-refractivity contribution in [2.45, 2.75) is 40.0 Å². The lowest BCUT2D eigenvalue weighted by molar-refractivity contribution is 0.102. The Bertz CT molecular complexity index is 1090. The highest BCUT2D eigenvalue weighted by atomic mass is 32.1. The summed E-state index contributed by atoms with van der Waals surface area (Å²) in [4.78, 5) is 20.6. The lowest BCUT2D eigenvalue weighted by atomic mass is 9.72. The minimum Gasteiger partial charge on any atom is -0.495 e. The molecule has 6 heteroatoms. The number of thiophene rings is 2. The number of methoxy groups -OCH3 is 1. The average molecular weight is 453 g/mol. The summed E-state index contributed by atoms with van der Waals surface area (Å²) in [6.07, 6.45) is 4.88. The van der Waals surface area contributed by atoms with E-state index in [0.717, 1.165) is 34.7 Å². The Morgan fingerprint density at radius 2 is 2.03 bits per heavy atom. The number of rotatable bonds is 5. The smallest absolute Gasteiger partial charge is 0.259 e. The number of fused-ring (bicyclic) bond motifs is 1. The Balaban J connectivity index is 1.71. The van der Waals surface area contributed by atoms with Crippen LogP contribution in [0.3, 0.4) is 0 Å². The van der Waals surface area contributed by atoms with E-state index in [4.69, 9.17) is 9.73 Å². The van der Waals surface area contributed by atoms with E-state index >= 15 is 0 Å². The first-order valence-corrected chi connectivity index (χ1v) is 12.2. The molecule has 0 spiro atoms. The van der Waals surface area contributed by atoms with Crippen molar-refractivity contribution >= 4 is 45.5 Å². The van der Waals surface area contributed by atoms with E-state index in [2.05, 4.69) is 26.1 Å². The molecule has 1 aliphatic carbocycles. The van der Waals surface area contributed by atoms with Crippen LogP contribution in [-0.4, -0.2) is 19.2 Å². The summed E-state index contributed by atoms with van der Waals surface area (Å²) in [6, 6.07) is 11.5. The average Bonchev–Trinajstić information content (AvgIpc) is 3.38. The first-order chi connectivity index (χ1) is 14.9. The third-order valence-electron chi connectivity index (χ3n) is 5.91. The van der Waals surface area contributed by atoms with Gasteiger partial charge >= 0.3 is 0 Å². The molecule has 0 bridgehead atoms. The summed E-state index contributed by atoms with van der Waals surface area (Å²) in [5.41, 5.74) is 2.80. The fourth-order valence-electron chi connectivity index (χ4n) is 4.06. The normalized spacial score (nSPS) is 16.3. The molecule has 2 aromatic heterocycles. The second-order valence-electron chi connectivity index (χ2n) is 8.92. The van der Waals surface area contributed by atoms with Gasteiger partial charge in [0, 0.05) is 16.0 Å². The zero-order chi connectivity index (χ0) is 22.0. The quantitative estimate of drug-likeness (QED) is 0.425. The molecule has 0 saturated heterocycles. The van der Waals surface area contributed by atoms with Gasteiger partial charge in [-0.05, 0) is 59.7 Å². The predicted molar refractivity (Wildman–Crippen MR) is 132 cm³/mol. The Kier molecular flexibility index (Phi) is 6.30.